The highest BCUT2D eigenvalue weighted by atomic mass is 16.6. The van der Waals surface area contributed by atoms with Crippen molar-refractivity contribution < 1.29 is 23.2 Å². The fourth-order valence-electron chi connectivity index (χ4n) is 2.05. The molecule has 2 aromatic rings. The molecule has 2 heterocycles. The fraction of sp³-hybridized carbons (Fsp3) is 0.438. The highest BCUT2D eigenvalue weighted by Crippen LogP contribution is 2.21. The Labute approximate surface area is 138 Å². The first-order chi connectivity index (χ1) is 14.0. The lowest BCUT2D eigenvalue weighted by Crippen LogP contribution is -2.28. The van der Waals surface area contributed by atoms with E-state index in [0.717, 1.165) is 7.05 Å². The van der Waals surface area contributed by atoms with E-state index < -0.39 is 50.1 Å². The number of carbonyl (C=O) groups is 1. The smallest absolute Gasteiger partial charge is 0.407 e. The molecule has 0 spiro atoms. The number of aromatic nitrogens is 1. The summed E-state index contributed by atoms with van der Waals surface area (Å²) in [5.74, 6) is 0. The Hall–Kier alpha value is -2.01. The number of aromatic amines is 1. The van der Waals surface area contributed by atoms with Crippen LogP contribution in [0.4, 0.5) is 4.79 Å². The summed E-state index contributed by atoms with van der Waals surface area (Å²) in [5.41, 5.74) is -0.132. The topological polar surface area (TPSA) is 57.4 Å². The van der Waals surface area contributed by atoms with Crippen LogP contribution in [0.25, 0.3) is 10.9 Å². The van der Waals surface area contributed by atoms with E-state index >= 15 is 0 Å². The number of H-pyrrole nitrogens is 1. The number of hydrogen-bond donors (Lipinski definition) is 2. The maximum Gasteiger partial charge on any atom is 0.407 e. The van der Waals surface area contributed by atoms with Crippen LogP contribution in [0.1, 0.15) is 24.8 Å². The van der Waals surface area contributed by atoms with Gasteiger partial charge in [-0.1, -0.05) is 6.07 Å². The summed E-state index contributed by atoms with van der Waals surface area (Å²) in [4.78, 5) is 14.2. The van der Waals surface area contributed by atoms with Gasteiger partial charge in [0.2, 0.25) is 0 Å². The third kappa shape index (κ3) is 3.19. The zero-order valence-electron chi connectivity index (χ0n) is 21.3. The summed E-state index contributed by atoms with van der Waals surface area (Å²) in [5, 5.41) is 2.39. The molecule has 3 rings (SSSR count). The van der Waals surface area contributed by atoms with Gasteiger partial charge in [-0.2, -0.15) is 0 Å². The second kappa shape index (κ2) is 5.77. The molecule has 1 saturated heterocycles. The second-order valence-electron chi connectivity index (χ2n) is 4.62. The SMILES string of the molecule is [2H]c1[nH]c2ccc(C([2H])([2H])[C@H]3COC(=O)N3)cc2c1C([2H])([2H])C([2H])([2H])N(C)C([2H])([2H])[2H]. The molecular formula is C16H21N3O2. The van der Waals surface area contributed by atoms with Crippen molar-refractivity contribution in [3.05, 3.63) is 35.5 Å². The van der Waals surface area contributed by atoms with Gasteiger partial charge in [-0.05, 0) is 50.0 Å². The number of benzene rings is 1. The quantitative estimate of drug-likeness (QED) is 0.886. The molecule has 5 heteroatoms. The summed E-state index contributed by atoms with van der Waals surface area (Å²) < 4.78 is 85.3. The van der Waals surface area contributed by atoms with Crippen LogP contribution >= 0.6 is 0 Å². The van der Waals surface area contributed by atoms with Gasteiger partial charge >= 0.3 is 6.09 Å². The minimum absolute atomic E-state index is 0.0319. The summed E-state index contributed by atoms with van der Waals surface area (Å²) >= 11 is 0. The zero-order chi connectivity index (χ0) is 23.6. The molecule has 0 bridgehead atoms. The van der Waals surface area contributed by atoms with E-state index in [-0.39, 0.29) is 28.0 Å². The molecule has 5 nitrogen and oxygen atoms in total. The Bertz CT molecular complexity index is 1020. The number of fused-ring (bicyclic) bond motifs is 1. The number of carbonyl (C=O) groups excluding carboxylic acids is 1. The number of rotatable bonds is 5. The molecule has 2 N–H and O–H groups in total. The average molecular weight is 297 g/mol. The van der Waals surface area contributed by atoms with Gasteiger partial charge in [0.25, 0.3) is 0 Å². The molecule has 1 aliphatic rings. The van der Waals surface area contributed by atoms with Crippen molar-refractivity contribution in [2.45, 2.75) is 18.8 Å². The Balaban J connectivity index is 2.14. The van der Waals surface area contributed by atoms with Crippen LogP contribution in [0.2, 0.25) is 0 Å². The normalized spacial score (nSPS) is 27.9. The van der Waals surface area contributed by atoms with E-state index in [0.29, 0.717) is 0 Å². The lowest BCUT2D eigenvalue weighted by atomic mass is 10.0. The minimum Gasteiger partial charge on any atom is -0.447 e. The number of ether oxygens (including phenoxy) is 1. The van der Waals surface area contributed by atoms with Gasteiger partial charge in [0.1, 0.15) is 6.61 Å². The molecule has 1 atom stereocenters. The third-order valence-electron chi connectivity index (χ3n) is 2.97. The van der Waals surface area contributed by atoms with E-state index in [9.17, 15) is 4.79 Å². The first kappa shape index (κ1) is 6.40. The molecule has 1 aromatic carbocycles. The van der Waals surface area contributed by atoms with Crippen LogP contribution < -0.4 is 5.32 Å². The van der Waals surface area contributed by atoms with Crippen LogP contribution in [0.15, 0.2) is 24.4 Å². The minimum atomic E-state index is -3.04. The summed E-state index contributed by atoms with van der Waals surface area (Å²) in [6.45, 7) is -6.18. The van der Waals surface area contributed by atoms with Crippen LogP contribution in [-0.2, 0) is 17.5 Å². The molecule has 0 radical (unpaired) electrons. The number of nitrogens with zero attached hydrogens (tertiary/aromatic N) is 1. The average Bonchev–Trinajstić information content (AvgIpc) is 3.22. The van der Waals surface area contributed by atoms with Crippen molar-refractivity contribution in [1.29, 1.82) is 0 Å². The van der Waals surface area contributed by atoms with Crippen molar-refractivity contribution in [2.24, 2.45) is 0 Å². The fourth-order valence-corrected chi connectivity index (χ4v) is 2.05. The van der Waals surface area contributed by atoms with Gasteiger partial charge in [-0.3, -0.25) is 0 Å². The highest BCUT2D eigenvalue weighted by Gasteiger charge is 2.22. The highest BCUT2D eigenvalue weighted by molar-refractivity contribution is 5.84. The number of cyclic esters (lactones) is 1. The number of aryl methyl sites for hydroxylation is 1. The monoisotopic (exact) mass is 297 g/mol. The van der Waals surface area contributed by atoms with Crippen molar-refractivity contribution in [2.75, 3.05) is 27.1 Å². The van der Waals surface area contributed by atoms with Gasteiger partial charge in [-0.15, -0.1) is 0 Å². The predicted molar refractivity (Wildman–Crippen MR) is 82.5 cm³/mol. The zero-order valence-corrected chi connectivity index (χ0v) is 11.3. The van der Waals surface area contributed by atoms with Crippen molar-refractivity contribution in [3.8, 4) is 0 Å². The Morgan fingerprint density at radius 2 is 2.52 bits per heavy atom. The first-order valence-corrected chi connectivity index (χ1v) is 6.31. The number of alkyl carbamates (subject to hydrolysis) is 1. The molecule has 0 saturated carbocycles. The van der Waals surface area contributed by atoms with Crippen molar-refractivity contribution in [3.63, 3.8) is 0 Å². The van der Waals surface area contributed by atoms with E-state index in [1.54, 1.807) is 0 Å². The molecular weight excluding hydrogens is 266 g/mol. The number of likely N-dealkylation sites (N-methyl/N-ethyl adjacent to an activating group) is 1. The molecule has 112 valence electrons. The predicted octanol–water partition coefficient (Wildman–Crippen LogP) is 1.92. The third-order valence-corrected chi connectivity index (χ3v) is 2.97. The van der Waals surface area contributed by atoms with Crippen molar-refractivity contribution in [1.82, 2.24) is 15.2 Å². The van der Waals surface area contributed by atoms with Crippen molar-refractivity contribution >= 4 is 17.0 Å². The maximum atomic E-state index is 11.3. The molecule has 1 amide bonds. The lowest BCUT2D eigenvalue weighted by molar-refractivity contribution is 0.177. The standard InChI is InChI=1S/C16H21N3O2/c1-19(2)6-5-12-9-17-15-4-3-11(8-14(12)15)7-13-10-21-16(20)18-13/h3-4,8-9,13,17H,5-7,10H2,1-2H3,(H,18,20)/t13-/m0/s1/i1D3,5D2,6D2,7D2,9D. The molecule has 1 aliphatic heterocycles. The van der Waals surface area contributed by atoms with Crippen LogP contribution in [-0.4, -0.2) is 49.1 Å². The molecule has 0 unspecified atom stereocenters. The van der Waals surface area contributed by atoms with E-state index in [1.807, 2.05) is 0 Å². The van der Waals surface area contributed by atoms with Crippen LogP contribution in [0.3, 0.4) is 0 Å². The van der Waals surface area contributed by atoms with Gasteiger partial charge in [-0.25, -0.2) is 4.79 Å². The summed E-state index contributed by atoms with van der Waals surface area (Å²) in [6.07, 6.45) is -6.29. The number of nitrogens with one attached hydrogen (secondary N) is 2. The van der Waals surface area contributed by atoms with Gasteiger partial charge < -0.3 is 19.9 Å². The van der Waals surface area contributed by atoms with Gasteiger partial charge in [0, 0.05) is 35.9 Å². The summed E-state index contributed by atoms with van der Waals surface area (Å²) in [6, 6.07) is 3.10. The van der Waals surface area contributed by atoms with E-state index in [1.165, 1.54) is 18.2 Å². The Morgan fingerprint density at radius 3 is 3.29 bits per heavy atom. The van der Waals surface area contributed by atoms with E-state index in [2.05, 4.69) is 10.3 Å². The lowest BCUT2D eigenvalue weighted by Gasteiger charge is -2.09. The largest absolute Gasteiger partial charge is 0.447 e. The Morgan fingerprint density at radius 1 is 1.62 bits per heavy atom. The van der Waals surface area contributed by atoms with Gasteiger partial charge in [0.05, 0.1) is 7.41 Å². The molecule has 21 heavy (non-hydrogen) atoms. The molecule has 1 fully saturated rings. The number of hydrogen-bond acceptors (Lipinski definition) is 3. The summed E-state index contributed by atoms with van der Waals surface area (Å²) in [7, 11) is 0.927. The second-order valence-corrected chi connectivity index (χ2v) is 4.62. The van der Waals surface area contributed by atoms with E-state index in [4.69, 9.17) is 18.4 Å². The van der Waals surface area contributed by atoms with Crippen LogP contribution in [0.5, 0.6) is 0 Å². The van der Waals surface area contributed by atoms with Gasteiger partial charge in [0.15, 0.2) is 0 Å². The first-order valence-electron chi connectivity index (χ1n) is 11.3. The Kier molecular flexibility index (Phi) is 1.76. The maximum absolute atomic E-state index is 11.3. The molecule has 0 aliphatic carbocycles. The number of amides is 1. The van der Waals surface area contributed by atoms with Crippen LogP contribution in [0, 0.1) is 0 Å². The molecule has 1 aromatic heterocycles.